The molecule has 0 amide bonds. The number of sulfone groups is 1. The standard InChI is InChI=1S/C15H33NO2S/c1-4-5-6-7-8-9-10-11-12-16-13-14-19(17,18)15(2)3/h15-16H,4-14H2,1-3H3. The largest absolute Gasteiger partial charge is 0.316 e. The zero-order valence-corrected chi connectivity index (χ0v) is 13.9. The molecule has 0 aliphatic carbocycles. The maximum absolute atomic E-state index is 11.6. The Hall–Kier alpha value is -0.0900. The Morgan fingerprint density at radius 3 is 1.89 bits per heavy atom. The second kappa shape index (κ2) is 11.7. The van der Waals surface area contributed by atoms with E-state index in [-0.39, 0.29) is 11.0 Å². The average Bonchev–Trinajstić information content (AvgIpc) is 2.35. The van der Waals surface area contributed by atoms with Crippen molar-refractivity contribution in [3.05, 3.63) is 0 Å². The molecule has 1 N–H and O–H groups in total. The van der Waals surface area contributed by atoms with Gasteiger partial charge in [0.05, 0.1) is 11.0 Å². The number of nitrogens with one attached hydrogen (secondary N) is 1. The number of unbranched alkanes of at least 4 members (excludes halogenated alkanes) is 7. The molecule has 4 heteroatoms. The Kier molecular flexibility index (Phi) is 11.7. The summed E-state index contributed by atoms with van der Waals surface area (Å²) in [4.78, 5) is 0. The van der Waals surface area contributed by atoms with Crippen LogP contribution in [0, 0.1) is 0 Å². The molecule has 0 bridgehead atoms. The molecule has 0 saturated heterocycles. The molecule has 0 aromatic heterocycles. The molecule has 0 heterocycles. The van der Waals surface area contributed by atoms with Crippen molar-refractivity contribution in [2.45, 2.75) is 77.4 Å². The molecule has 0 spiro atoms. The SMILES string of the molecule is CCCCCCCCCCNCCS(=O)(=O)C(C)C. The van der Waals surface area contributed by atoms with Crippen LogP contribution in [0.3, 0.4) is 0 Å². The summed E-state index contributed by atoms with van der Waals surface area (Å²) in [7, 11) is -2.87. The Labute approximate surface area is 120 Å². The van der Waals surface area contributed by atoms with Crippen molar-refractivity contribution in [2.75, 3.05) is 18.8 Å². The summed E-state index contributed by atoms with van der Waals surface area (Å²) in [6, 6.07) is 0. The highest BCUT2D eigenvalue weighted by Crippen LogP contribution is 2.07. The third-order valence-corrected chi connectivity index (χ3v) is 5.70. The summed E-state index contributed by atoms with van der Waals surface area (Å²) in [6.07, 6.45) is 10.5. The van der Waals surface area contributed by atoms with Crippen LogP contribution >= 0.6 is 0 Å². The molecule has 0 unspecified atom stereocenters. The fraction of sp³-hybridized carbons (Fsp3) is 1.00. The van der Waals surface area contributed by atoms with Crippen molar-refractivity contribution in [1.82, 2.24) is 5.32 Å². The highest BCUT2D eigenvalue weighted by atomic mass is 32.2. The average molecular weight is 292 g/mol. The summed E-state index contributed by atoms with van der Waals surface area (Å²) >= 11 is 0. The quantitative estimate of drug-likeness (QED) is 0.528. The lowest BCUT2D eigenvalue weighted by molar-refractivity contribution is 0.556. The molecule has 0 saturated carbocycles. The van der Waals surface area contributed by atoms with Gasteiger partial charge in [-0.15, -0.1) is 0 Å². The lowest BCUT2D eigenvalue weighted by atomic mass is 10.1. The van der Waals surface area contributed by atoms with Crippen LogP contribution in [0.1, 0.15) is 72.1 Å². The predicted octanol–water partition coefficient (Wildman–Crippen LogP) is 3.54. The van der Waals surface area contributed by atoms with Crippen LogP contribution in [0.2, 0.25) is 0 Å². The van der Waals surface area contributed by atoms with Crippen LogP contribution in [0.5, 0.6) is 0 Å². The number of hydrogen-bond acceptors (Lipinski definition) is 3. The van der Waals surface area contributed by atoms with Gasteiger partial charge in [-0.2, -0.15) is 0 Å². The third-order valence-electron chi connectivity index (χ3n) is 3.49. The predicted molar refractivity (Wildman–Crippen MR) is 84.4 cm³/mol. The van der Waals surface area contributed by atoms with Crippen molar-refractivity contribution in [1.29, 1.82) is 0 Å². The van der Waals surface area contributed by atoms with E-state index in [0.29, 0.717) is 6.54 Å². The van der Waals surface area contributed by atoms with E-state index in [0.717, 1.165) is 13.0 Å². The van der Waals surface area contributed by atoms with Gasteiger partial charge in [-0.1, -0.05) is 51.9 Å². The summed E-state index contributed by atoms with van der Waals surface area (Å²) in [5, 5.41) is 2.98. The minimum absolute atomic E-state index is 0.252. The van der Waals surface area contributed by atoms with Crippen LogP contribution < -0.4 is 5.32 Å². The van der Waals surface area contributed by atoms with Gasteiger partial charge in [-0.05, 0) is 26.8 Å². The van der Waals surface area contributed by atoms with Crippen molar-refractivity contribution < 1.29 is 8.42 Å². The monoisotopic (exact) mass is 291 g/mol. The maximum Gasteiger partial charge on any atom is 0.153 e. The van der Waals surface area contributed by atoms with Gasteiger partial charge in [0.25, 0.3) is 0 Å². The molecule has 0 radical (unpaired) electrons. The van der Waals surface area contributed by atoms with Gasteiger partial charge in [0.1, 0.15) is 0 Å². The van der Waals surface area contributed by atoms with Gasteiger partial charge in [0.15, 0.2) is 9.84 Å². The van der Waals surface area contributed by atoms with E-state index in [9.17, 15) is 8.42 Å². The van der Waals surface area contributed by atoms with Crippen LogP contribution in [0.25, 0.3) is 0 Å². The summed E-state index contributed by atoms with van der Waals surface area (Å²) in [5.41, 5.74) is 0. The molecule has 0 aromatic rings. The topological polar surface area (TPSA) is 46.2 Å². The fourth-order valence-electron chi connectivity index (χ4n) is 1.96. The third kappa shape index (κ3) is 11.4. The second-order valence-electron chi connectivity index (χ2n) is 5.64. The Morgan fingerprint density at radius 1 is 0.842 bits per heavy atom. The van der Waals surface area contributed by atoms with E-state index in [2.05, 4.69) is 12.2 Å². The fourth-order valence-corrected chi connectivity index (χ4v) is 2.86. The molecular formula is C15H33NO2S. The van der Waals surface area contributed by atoms with Gasteiger partial charge >= 0.3 is 0 Å². The van der Waals surface area contributed by atoms with Gasteiger partial charge in [-0.25, -0.2) is 8.42 Å². The summed E-state index contributed by atoms with van der Waals surface area (Å²) in [5.74, 6) is 0.266. The number of hydrogen-bond donors (Lipinski definition) is 1. The summed E-state index contributed by atoms with van der Waals surface area (Å²) < 4.78 is 23.1. The molecule has 0 aliphatic rings. The Bertz CT molecular complexity index is 287. The van der Waals surface area contributed by atoms with Crippen molar-refractivity contribution in [3.8, 4) is 0 Å². The molecule has 0 atom stereocenters. The molecule has 19 heavy (non-hydrogen) atoms. The number of rotatable bonds is 13. The van der Waals surface area contributed by atoms with E-state index >= 15 is 0 Å². The van der Waals surface area contributed by atoms with Crippen LogP contribution in [-0.4, -0.2) is 32.5 Å². The van der Waals surface area contributed by atoms with Gasteiger partial charge < -0.3 is 5.32 Å². The van der Waals surface area contributed by atoms with Crippen molar-refractivity contribution in [2.24, 2.45) is 0 Å². The van der Waals surface area contributed by atoms with Crippen molar-refractivity contribution >= 4 is 9.84 Å². The molecule has 3 nitrogen and oxygen atoms in total. The van der Waals surface area contributed by atoms with Gasteiger partial charge in [-0.3, -0.25) is 0 Å². The first kappa shape index (κ1) is 18.9. The first-order valence-corrected chi connectivity index (χ1v) is 9.64. The molecule has 116 valence electrons. The van der Waals surface area contributed by atoms with E-state index in [1.807, 2.05) is 0 Å². The minimum Gasteiger partial charge on any atom is -0.316 e. The second-order valence-corrected chi connectivity index (χ2v) is 8.32. The van der Waals surface area contributed by atoms with Crippen molar-refractivity contribution in [3.63, 3.8) is 0 Å². The lowest BCUT2D eigenvalue weighted by Gasteiger charge is -2.08. The summed E-state index contributed by atoms with van der Waals surface area (Å²) in [6.45, 7) is 7.27. The minimum atomic E-state index is -2.87. The van der Waals surface area contributed by atoms with E-state index in [1.165, 1.54) is 44.9 Å². The molecule has 0 rings (SSSR count). The molecular weight excluding hydrogens is 258 g/mol. The van der Waals surface area contributed by atoms with E-state index in [4.69, 9.17) is 0 Å². The zero-order chi connectivity index (χ0) is 14.6. The van der Waals surface area contributed by atoms with E-state index in [1.54, 1.807) is 13.8 Å². The smallest absolute Gasteiger partial charge is 0.153 e. The van der Waals surface area contributed by atoms with E-state index < -0.39 is 9.84 Å². The molecule has 0 aromatic carbocycles. The first-order valence-electron chi connectivity index (χ1n) is 7.93. The normalized spacial score (nSPS) is 12.2. The lowest BCUT2D eigenvalue weighted by Crippen LogP contribution is -2.27. The van der Waals surface area contributed by atoms with Crippen LogP contribution in [0.4, 0.5) is 0 Å². The first-order chi connectivity index (χ1) is 9.00. The van der Waals surface area contributed by atoms with Crippen LogP contribution in [0.15, 0.2) is 0 Å². The highest BCUT2D eigenvalue weighted by Gasteiger charge is 2.14. The highest BCUT2D eigenvalue weighted by molar-refractivity contribution is 7.92. The Balaban J connectivity index is 3.24. The zero-order valence-electron chi connectivity index (χ0n) is 13.1. The van der Waals surface area contributed by atoms with Crippen LogP contribution in [-0.2, 0) is 9.84 Å². The van der Waals surface area contributed by atoms with Gasteiger partial charge in [0.2, 0.25) is 0 Å². The molecule has 0 aliphatic heterocycles. The Morgan fingerprint density at radius 2 is 1.37 bits per heavy atom. The maximum atomic E-state index is 11.6. The molecule has 0 fully saturated rings. The van der Waals surface area contributed by atoms with Gasteiger partial charge in [0, 0.05) is 6.54 Å².